The smallest absolute Gasteiger partial charge is 0.316 e. The number of hydrogen-bond acceptors (Lipinski definition) is 4. The lowest BCUT2D eigenvalue weighted by Gasteiger charge is -2.49. The molecule has 4 nitrogen and oxygen atoms in total. The van der Waals surface area contributed by atoms with Gasteiger partial charge in [-0.25, -0.2) is 0 Å². The average molecular weight is 241 g/mol. The Kier molecular flexibility index (Phi) is 3.73. The van der Waals surface area contributed by atoms with Crippen LogP contribution in [0.4, 0.5) is 0 Å². The molecular weight excluding hydrogens is 218 g/mol. The second kappa shape index (κ2) is 4.94. The van der Waals surface area contributed by atoms with Crippen molar-refractivity contribution >= 4 is 5.97 Å². The summed E-state index contributed by atoms with van der Waals surface area (Å²) < 4.78 is 4.97. The maximum Gasteiger partial charge on any atom is 0.316 e. The molecule has 0 amide bonds. The molecule has 17 heavy (non-hydrogen) atoms. The van der Waals surface area contributed by atoms with Gasteiger partial charge in [0.15, 0.2) is 0 Å². The second-order valence-corrected chi connectivity index (χ2v) is 5.45. The van der Waals surface area contributed by atoms with E-state index in [2.05, 4.69) is 5.32 Å². The quantitative estimate of drug-likeness (QED) is 0.714. The summed E-state index contributed by atoms with van der Waals surface area (Å²) in [5, 5.41) is 14.2. The van der Waals surface area contributed by atoms with E-state index in [0.29, 0.717) is 6.54 Å². The molecule has 1 saturated carbocycles. The first-order valence-electron chi connectivity index (χ1n) is 6.66. The molecule has 1 unspecified atom stereocenters. The van der Waals surface area contributed by atoms with Crippen molar-refractivity contribution in [1.29, 1.82) is 0 Å². The molecule has 0 radical (unpaired) electrons. The molecule has 98 valence electrons. The minimum atomic E-state index is -0.869. The number of piperidine rings is 1. The van der Waals surface area contributed by atoms with Gasteiger partial charge in [-0.3, -0.25) is 4.79 Å². The maximum atomic E-state index is 12.2. The monoisotopic (exact) mass is 241 g/mol. The van der Waals surface area contributed by atoms with E-state index in [-0.39, 0.29) is 5.97 Å². The zero-order chi connectivity index (χ0) is 12.4. The van der Waals surface area contributed by atoms with Crippen LogP contribution in [-0.4, -0.2) is 36.9 Å². The molecule has 2 fully saturated rings. The topological polar surface area (TPSA) is 58.6 Å². The van der Waals surface area contributed by atoms with Crippen LogP contribution in [0.1, 0.15) is 44.9 Å². The van der Waals surface area contributed by atoms with Crippen molar-refractivity contribution in [1.82, 2.24) is 5.32 Å². The van der Waals surface area contributed by atoms with Gasteiger partial charge in [0.2, 0.25) is 0 Å². The van der Waals surface area contributed by atoms with Crippen LogP contribution in [0.3, 0.4) is 0 Å². The van der Waals surface area contributed by atoms with Crippen LogP contribution in [0.25, 0.3) is 0 Å². The highest BCUT2D eigenvalue weighted by Gasteiger charge is 2.56. The van der Waals surface area contributed by atoms with Crippen LogP contribution in [0.15, 0.2) is 0 Å². The molecule has 0 aromatic rings. The minimum absolute atomic E-state index is 0.242. The number of carbonyl (C=O) groups is 1. The van der Waals surface area contributed by atoms with Crippen molar-refractivity contribution < 1.29 is 14.6 Å². The van der Waals surface area contributed by atoms with Gasteiger partial charge in [0.25, 0.3) is 0 Å². The number of methoxy groups -OCH3 is 1. The summed E-state index contributed by atoms with van der Waals surface area (Å²) in [6.45, 7) is 1.48. The van der Waals surface area contributed by atoms with Gasteiger partial charge in [0.05, 0.1) is 12.7 Å². The Hall–Kier alpha value is -0.610. The summed E-state index contributed by atoms with van der Waals surface area (Å²) in [4.78, 5) is 12.2. The third-order valence-corrected chi connectivity index (χ3v) is 4.53. The van der Waals surface area contributed by atoms with E-state index >= 15 is 0 Å². The lowest BCUT2D eigenvalue weighted by atomic mass is 9.61. The van der Waals surface area contributed by atoms with Gasteiger partial charge >= 0.3 is 5.97 Å². The fourth-order valence-electron chi connectivity index (χ4n) is 3.48. The number of nitrogens with one attached hydrogen (secondary N) is 1. The molecule has 0 aromatic heterocycles. The van der Waals surface area contributed by atoms with E-state index in [0.717, 1.165) is 51.5 Å². The first kappa shape index (κ1) is 12.8. The number of rotatable bonds is 2. The van der Waals surface area contributed by atoms with Gasteiger partial charge in [0.1, 0.15) is 5.41 Å². The third kappa shape index (κ3) is 2.08. The predicted octanol–water partition coefficient (Wildman–Crippen LogP) is 1.22. The first-order valence-corrected chi connectivity index (χ1v) is 6.66. The van der Waals surface area contributed by atoms with Crippen molar-refractivity contribution in [2.45, 2.75) is 50.5 Å². The summed E-state index contributed by atoms with van der Waals surface area (Å²) in [6.07, 6.45) is 6.30. The molecular formula is C13H23NO3. The fourth-order valence-corrected chi connectivity index (χ4v) is 3.48. The Morgan fingerprint density at radius 1 is 1.18 bits per heavy atom. The molecule has 0 spiro atoms. The molecule has 1 aliphatic carbocycles. The largest absolute Gasteiger partial charge is 0.468 e. The van der Waals surface area contributed by atoms with Crippen molar-refractivity contribution in [2.75, 3.05) is 20.2 Å². The van der Waals surface area contributed by atoms with Crippen LogP contribution in [0, 0.1) is 5.41 Å². The van der Waals surface area contributed by atoms with Crippen LogP contribution in [0.5, 0.6) is 0 Å². The zero-order valence-corrected chi connectivity index (χ0v) is 10.6. The number of carbonyl (C=O) groups excluding carboxylic acids is 1. The van der Waals surface area contributed by atoms with Gasteiger partial charge in [-0.05, 0) is 32.2 Å². The van der Waals surface area contributed by atoms with Gasteiger partial charge in [-0.1, -0.05) is 19.3 Å². The summed E-state index contributed by atoms with van der Waals surface area (Å²) in [6, 6.07) is 0. The summed E-state index contributed by atoms with van der Waals surface area (Å²) >= 11 is 0. The van der Waals surface area contributed by atoms with Crippen LogP contribution in [-0.2, 0) is 9.53 Å². The Labute approximate surface area is 103 Å². The third-order valence-electron chi connectivity index (χ3n) is 4.53. The highest BCUT2D eigenvalue weighted by molar-refractivity contribution is 5.79. The number of ether oxygens (including phenoxy) is 1. The van der Waals surface area contributed by atoms with Crippen molar-refractivity contribution in [3.05, 3.63) is 0 Å². The van der Waals surface area contributed by atoms with E-state index in [9.17, 15) is 9.90 Å². The lowest BCUT2D eigenvalue weighted by Crippen LogP contribution is -2.61. The van der Waals surface area contributed by atoms with Crippen LogP contribution < -0.4 is 5.32 Å². The maximum absolute atomic E-state index is 12.2. The zero-order valence-electron chi connectivity index (χ0n) is 10.6. The number of aliphatic hydroxyl groups is 1. The average Bonchev–Trinajstić information content (AvgIpc) is 2.39. The van der Waals surface area contributed by atoms with E-state index in [1.807, 2.05) is 0 Å². The summed E-state index contributed by atoms with van der Waals surface area (Å²) in [5.41, 5.74) is -1.59. The molecule has 2 N–H and O–H groups in total. The number of hydrogen-bond donors (Lipinski definition) is 2. The fraction of sp³-hybridized carbons (Fsp3) is 0.923. The predicted molar refractivity (Wildman–Crippen MR) is 64.6 cm³/mol. The molecule has 1 aliphatic heterocycles. The Balaban J connectivity index is 2.27. The van der Waals surface area contributed by atoms with Gasteiger partial charge in [-0.15, -0.1) is 0 Å². The summed E-state index contributed by atoms with van der Waals surface area (Å²) in [7, 11) is 1.42. The molecule has 1 atom stereocenters. The van der Waals surface area contributed by atoms with E-state index < -0.39 is 11.0 Å². The molecule has 2 aliphatic rings. The van der Waals surface area contributed by atoms with Gasteiger partial charge < -0.3 is 15.2 Å². The Morgan fingerprint density at radius 3 is 2.41 bits per heavy atom. The number of esters is 1. The van der Waals surface area contributed by atoms with Crippen molar-refractivity contribution in [3.63, 3.8) is 0 Å². The highest BCUT2D eigenvalue weighted by Crippen LogP contribution is 2.47. The normalized spacial score (nSPS) is 33.1. The molecule has 2 rings (SSSR count). The van der Waals surface area contributed by atoms with Crippen molar-refractivity contribution in [3.8, 4) is 0 Å². The van der Waals surface area contributed by atoms with E-state index in [1.165, 1.54) is 7.11 Å². The molecule has 1 heterocycles. The Morgan fingerprint density at radius 2 is 1.88 bits per heavy atom. The molecule has 0 aromatic carbocycles. The minimum Gasteiger partial charge on any atom is -0.468 e. The van der Waals surface area contributed by atoms with E-state index in [4.69, 9.17) is 4.74 Å². The highest BCUT2D eigenvalue weighted by atomic mass is 16.5. The Bertz CT molecular complexity index is 278. The molecule has 0 bridgehead atoms. The van der Waals surface area contributed by atoms with Crippen LogP contribution >= 0.6 is 0 Å². The summed E-state index contributed by atoms with van der Waals surface area (Å²) in [5.74, 6) is -0.242. The molecule has 1 saturated heterocycles. The van der Waals surface area contributed by atoms with Crippen LogP contribution in [0.2, 0.25) is 0 Å². The van der Waals surface area contributed by atoms with Gasteiger partial charge in [-0.2, -0.15) is 0 Å². The lowest BCUT2D eigenvalue weighted by molar-refractivity contribution is -0.181. The van der Waals surface area contributed by atoms with E-state index in [1.54, 1.807) is 0 Å². The second-order valence-electron chi connectivity index (χ2n) is 5.45. The van der Waals surface area contributed by atoms with Crippen molar-refractivity contribution in [2.24, 2.45) is 5.41 Å². The van der Waals surface area contributed by atoms with Gasteiger partial charge in [0, 0.05) is 6.54 Å². The standard InChI is InChI=1S/C13H23NO3/c1-17-11(15)12(6-5-9-14-10-12)13(16)7-3-2-4-8-13/h14,16H,2-10H2,1H3. The molecule has 4 heteroatoms. The SMILES string of the molecule is COC(=O)C1(C2(O)CCCCC2)CCCNC1. The first-order chi connectivity index (χ1) is 8.15.